The summed E-state index contributed by atoms with van der Waals surface area (Å²) in [6, 6.07) is 8.19. The van der Waals surface area contributed by atoms with Crippen molar-refractivity contribution in [3.8, 4) is 12.1 Å². The molecule has 8 heteroatoms. The van der Waals surface area contributed by atoms with Crippen molar-refractivity contribution in [2.45, 2.75) is 11.8 Å². The van der Waals surface area contributed by atoms with E-state index in [0.717, 1.165) is 0 Å². The number of hydrogen-bond donors (Lipinski definition) is 1. The van der Waals surface area contributed by atoms with Crippen molar-refractivity contribution >= 4 is 17.4 Å². The number of aliphatic imine (C=N–C) groups is 1. The van der Waals surface area contributed by atoms with Crippen molar-refractivity contribution in [3.05, 3.63) is 34.6 Å². The van der Waals surface area contributed by atoms with Crippen LogP contribution in [0.15, 0.2) is 23.2 Å². The highest BCUT2D eigenvalue weighted by molar-refractivity contribution is 6.31. The van der Waals surface area contributed by atoms with Gasteiger partial charge in [-0.2, -0.15) is 10.5 Å². The van der Waals surface area contributed by atoms with Gasteiger partial charge in [-0.25, -0.2) is 9.38 Å². The Morgan fingerprint density at radius 3 is 2.43 bits per heavy atom. The van der Waals surface area contributed by atoms with Crippen LogP contribution in [0.25, 0.3) is 0 Å². The number of methoxy groups -OCH3 is 2. The smallest absolute Gasteiger partial charge is 0.292 e. The van der Waals surface area contributed by atoms with Gasteiger partial charge in [-0.05, 0) is 12.1 Å². The lowest BCUT2D eigenvalue weighted by molar-refractivity contribution is -0.230. The van der Waals surface area contributed by atoms with Crippen LogP contribution < -0.4 is 5.73 Å². The normalized spacial score (nSPS) is 33.3. The Morgan fingerprint density at radius 2 is 1.96 bits per heavy atom. The lowest BCUT2D eigenvalue weighted by Gasteiger charge is -2.29. The zero-order chi connectivity index (χ0) is 17.0. The van der Waals surface area contributed by atoms with Crippen LogP contribution in [0.1, 0.15) is 11.5 Å². The minimum Gasteiger partial charge on any atom is -0.386 e. The summed E-state index contributed by atoms with van der Waals surface area (Å²) in [6.07, 6.45) is 0. The summed E-state index contributed by atoms with van der Waals surface area (Å²) in [6.45, 7) is 0. The zero-order valence-electron chi connectivity index (χ0n) is 12.3. The molecule has 1 fully saturated rings. The predicted octanol–water partition coefficient (Wildman–Crippen LogP) is 1.91. The highest BCUT2D eigenvalue weighted by Gasteiger charge is 2.94. The monoisotopic (exact) mass is 334 g/mol. The van der Waals surface area contributed by atoms with E-state index in [0.29, 0.717) is 0 Å². The molecule has 1 aliphatic heterocycles. The average Bonchev–Trinajstić information content (AvgIpc) is 3.09. The summed E-state index contributed by atoms with van der Waals surface area (Å²) in [5.41, 5.74) is 2.79. The molecule has 0 saturated heterocycles. The van der Waals surface area contributed by atoms with Crippen molar-refractivity contribution in [1.82, 2.24) is 0 Å². The van der Waals surface area contributed by atoms with Gasteiger partial charge in [0.1, 0.15) is 17.1 Å². The van der Waals surface area contributed by atoms with E-state index in [1.54, 1.807) is 0 Å². The lowest BCUT2D eigenvalue weighted by Crippen LogP contribution is -2.41. The number of fused-ring (bicyclic) bond motifs is 1. The van der Waals surface area contributed by atoms with E-state index < -0.39 is 28.5 Å². The number of nitrogens with zero attached hydrogens (tertiary/aromatic N) is 3. The minimum absolute atomic E-state index is 0.0357. The lowest BCUT2D eigenvalue weighted by atomic mass is 9.93. The molecule has 0 bridgehead atoms. The maximum Gasteiger partial charge on any atom is 0.292 e. The third-order valence-electron chi connectivity index (χ3n) is 4.77. The summed E-state index contributed by atoms with van der Waals surface area (Å²) in [7, 11) is 2.57. The van der Waals surface area contributed by atoms with Crippen LogP contribution in [0.5, 0.6) is 0 Å². The number of rotatable bonds is 3. The molecule has 1 heterocycles. The number of benzene rings is 1. The van der Waals surface area contributed by atoms with Crippen molar-refractivity contribution in [3.63, 3.8) is 0 Å². The van der Waals surface area contributed by atoms with Gasteiger partial charge in [-0.3, -0.25) is 0 Å². The molecule has 1 aromatic rings. The molecule has 0 spiro atoms. The fraction of sp³-hybridized carbons (Fsp3) is 0.400. The molecule has 1 aromatic carbocycles. The standard InChI is InChI=1S/C15H12ClFN4O2/c1-22-15(23-2)14(7-19)11(13(14,6-18)12(20)21-15)10-8(16)4-3-5-9(10)17/h3-5,11H,1-2H3,(H2,20,21)/t11-,13-,14-/m1/s1. The number of nitriles is 2. The van der Waals surface area contributed by atoms with Gasteiger partial charge in [0.2, 0.25) is 0 Å². The summed E-state index contributed by atoms with van der Waals surface area (Å²) in [5.74, 6) is -3.50. The van der Waals surface area contributed by atoms with Crippen LogP contribution >= 0.6 is 11.6 Å². The summed E-state index contributed by atoms with van der Waals surface area (Å²) in [4.78, 5) is 4.05. The molecule has 0 amide bonds. The third-order valence-corrected chi connectivity index (χ3v) is 5.10. The zero-order valence-corrected chi connectivity index (χ0v) is 13.1. The van der Waals surface area contributed by atoms with Gasteiger partial charge in [-0.1, -0.05) is 17.7 Å². The molecule has 0 radical (unpaired) electrons. The molecule has 2 aliphatic rings. The van der Waals surface area contributed by atoms with Crippen molar-refractivity contribution < 1.29 is 13.9 Å². The topological polar surface area (TPSA) is 104 Å². The Labute approximate surface area is 136 Å². The van der Waals surface area contributed by atoms with Crippen LogP contribution in [-0.2, 0) is 9.47 Å². The molecular weight excluding hydrogens is 323 g/mol. The fourth-order valence-corrected chi connectivity index (χ4v) is 4.01. The number of amidine groups is 1. The summed E-state index contributed by atoms with van der Waals surface area (Å²) in [5, 5.41) is 19.7. The van der Waals surface area contributed by atoms with Crippen LogP contribution in [0.3, 0.4) is 0 Å². The molecule has 6 nitrogen and oxygen atoms in total. The summed E-state index contributed by atoms with van der Waals surface area (Å²) < 4.78 is 25.0. The van der Waals surface area contributed by atoms with Gasteiger partial charge in [-0.15, -0.1) is 0 Å². The Bertz CT molecular complexity index is 790. The van der Waals surface area contributed by atoms with Crippen LogP contribution in [0.2, 0.25) is 5.02 Å². The number of nitrogens with two attached hydrogens (primary N) is 1. The quantitative estimate of drug-likeness (QED) is 0.850. The minimum atomic E-state index is -1.79. The van der Waals surface area contributed by atoms with Gasteiger partial charge < -0.3 is 15.2 Å². The molecule has 118 valence electrons. The maximum absolute atomic E-state index is 14.4. The molecule has 0 aromatic heterocycles. The van der Waals surface area contributed by atoms with E-state index in [2.05, 4.69) is 4.99 Å². The van der Waals surface area contributed by atoms with Gasteiger partial charge in [0.25, 0.3) is 5.91 Å². The molecular formula is C15H12ClFN4O2. The SMILES string of the molecule is COC1(OC)N=C(N)[C@@]2(C#N)[C@@H](c3c(F)cccc3Cl)[C@@]12C#N. The first-order valence-electron chi connectivity index (χ1n) is 6.65. The van der Waals surface area contributed by atoms with Gasteiger partial charge in [0, 0.05) is 30.7 Å². The predicted molar refractivity (Wildman–Crippen MR) is 78.6 cm³/mol. The van der Waals surface area contributed by atoms with E-state index in [4.69, 9.17) is 26.8 Å². The van der Waals surface area contributed by atoms with E-state index in [1.807, 2.05) is 12.1 Å². The Morgan fingerprint density at radius 1 is 1.30 bits per heavy atom. The molecule has 0 unspecified atom stereocenters. The highest BCUT2D eigenvalue weighted by atomic mass is 35.5. The van der Waals surface area contributed by atoms with Crippen molar-refractivity contribution in [1.29, 1.82) is 10.5 Å². The van der Waals surface area contributed by atoms with Crippen molar-refractivity contribution in [2.75, 3.05) is 14.2 Å². The Kier molecular flexibility index (Phi) is 3.18. The van der Waals surface area contributed by atoms with Gasteiger partial charge in [0.05, 0.1) is 12.1 Å². The largest absolute Gasteiger partial charge is 0.386 e. The molecule has 3 atom stereocenters. The van der Waals surface area contributed by atoms with Crippen molar-refractivity contribution in [2.24, 2.45) is 21.6 Å². The number of ether oxygens (including phenoxy) is 2. The van der Waals surface area contributed by atoms with E-state index in [9.17, 15) is 14.9 Å². The maximum atomic E-state index is 14.4. The fourth-order valence-electron chi connectivity index (χ4n) is 3.74. The van der Waals surface area contributed by atoms with Gasteiger partial charge >= 0.3 is 0 Å². The second-order valence-electron chi connectivity index (χ2n) is 5.40. The number of hydrogen-bond acceptors (Lipinski definition) is 6. The first-order valence-corrected chi connectivity index (χ1v) is 7.02. The second-order valence-corrected chi connectivity index (χ2v) is 5.80. The molecule has 3 rings (SSSR count). The third kappa shape index (κ3) is 1.41. The molecule has 2 N–H and O–H groups in total. The molecule has 1 aliphatic carbocycles. The second kappa shape index (κ2) is 4.65. The highest BCUT2D eigenvalue weighted by Crippen LogP contribution is 2.82. The van der Waals surface area contributed by atoms with Crippen LogP contribution in [0, 0.1) is 39.3 Å². The first-order chi connectivity index (χ1) is 10.9. The van der Waals surface area contributed by atoms with E-state index in [1.165, 1.54) is 32.4 Å². The number of halogens is 2. The Hall–Kier alpha value is -2.19. The van der Waals surface area contributed by atoms with Gasteiger partial charge in [0.15, 0.2) is 5.41 Å². The van der Waals surface area contributed by atoms with E-state index in [-0.39, 0.29) is 16.4 Å². The van der Waals surface area contributed by atoms with Crippen LogP contribution in [-0.4, -0.2) is 26.0 Å². The van der Waals surface area contributed by atoms with E-state index >= 15 is 0 Å². The van der Waals surface area contributed by atoms with Crippen LogP contribution in [0.4, 0.5) is 4.39 Å². The average molecular weight is 335 g/mol. The molecule has 23 heavy (non-hydrogen) atoms. The molecule has 1 saturated carbocycles. The summed E-state index contributed by atoms with van der Waals surface area (Å²) >= 11 is 6.12. The Balaban J connectivity index is 2.33. The first kappa shape index (κ1) is 15.7.